The van der Waals surface area contributed by atoms with Gasteiger partial charge in [-0.05, 0) is 36.2 Å². The highest BCUT2D eigenvalue weighted by atomic mass is 16.4. The molecule has 4 nitrogen and oxygen atoms in total. The van der Waals surface area contributed by atoms with Crippen LogP contribution in [0.1, 0.15) is 16.7 Å². The molecule has 0 spiro atoms. The average molecular weight is 282 g/mol. The van der Waals surface area contributed by atoms with Crippen LogP contribution in [0.15, 0.2) is 51.7 Å². The van der Waals surface area contributed by atoms with Crippen LogP contribution in [0.25, 0.3) is 11.0 Å². The molecule has 106 valence electrons. The van der Waals surface area contributed by atoms with Gasteiger partial charge in [-0.15, -0.1) is 0 Å². The zero-order chi connectivity index (χ0) is 15.0. The molecule has 0 saturated carbocycles. The molecule has 0 aliphatic carbocycles. The zero-order valence-electron chi connectivity index (χ0n) is 11.5. The summed E-state index contributed by atoms with van der Waals surface area (Å²) in [7, 11) is 0. The van der Waals surface area contributed by atoms with Gasteiger partial charge in [0.1, 0.15) is 0 Å². The van der Waals surface area contributed by atoms with Crippen LogP contribution in [0.2, 0.25) is 0 Å². The molecule has 1 aromatic heterocycles. The third-order valence-electron chi connectivity index (χ3n) is 3.57. The molecule has 21 heavy (non-hydrogen) atoms. The summed E-state index contributed by atoms with van der Waals surface area (Å²) < 4.78 is 5.15. The van der Waals surface area contributed by atoms with E-state index in [1.54, 1.807) is 12.1 Å². The number of phenols is 2. The van der Waals surface area contributed by atoms with Gasteiger partial charge in [-0.25, -0.2) is 4.79 Å². The fourth-order valence-corrected chi connectivity index (χ4v) is 2.34. The second kappa shape index (κ2) is 4.98. The molecule has 0 bridgehead atoms. The number of hydrogen-bond acceptors (Lipinski definition) is 4. The first-order valence-corrected chi connectivity index (χ1v) is 6.58. The van der Waals surface area contributed by atoms with E-state index in [2.05, 4.69) is 0 Å². The van der Waals surface area contributed by atoms with Gasteiger partial charge in [-0.1, -0.05) is 24.3 Å². The van der Waals surface area contributed by atoms with E-state index in [1.807, 2.05) is 31.2 Å². The van der Waals surface area contributed by atoms with E-state index in [-0.39, 0.29) is 11.3 Å². The number of phenolic OH excluding ortho intramolecular Hbond substituents is 2. The Bertz CT molecular complexity index is 878. The van der Waals surface area contributed by atoms with Crippen molar-refractivity contribution in [3.8, 4) is 11.5 Å². The Kier molecular flexibility index (Phi) is 3.14. The lowest BCUT2D eigenvalue weighted by Gasteiger charge is -2.07. The highest BCUT2D eigenvalue weighted by Gasteiger charge is 2.12. The molecule has 2 aromatic carbocycles. The smallest absolute Gasteiger partial charge is 0.339 e. The second-order valence-electron chi connectivity index (χ2n) is 5.01. The molecule has 1 heterocycles. The van der Waals surface area contributed by atoms with Crippen LogP contribution >= 0.6 is 0 Å². The van der Waals surface area contributed by atoms with Gasteiger partial charge >= 0.3 is 5.63 Å². The Morgan fingerprint density at radius 1 is 1.05 bits per heavy atom. The van der Waals surface area contributed by atoms with Gasteiger partial charge in [0, 0.05) is 17.4 Å². The van der Waals surface area contributed by atoms with Crippen molar-refractivity contribution in [3.63, 3.8) is 0 Å². The van der Waals surface area contributed by atoms with Crippen molar-refractivity contribution in [2.45, 2.75) is 13.3 Å². The number of aryl methyl sites for hydroxylation is 1. The SMILES string of the molecule is Cc1ccccc1Cc1cc2ccc(O)c(O)c2oc1=O. The first-order valence-electron chi connectivity index (χ1n) is 6.58. The van der Waals surface area contributed by atoms with Gasteiger partial charge in [0.2, 0.25) is 5.75 Å². The van der Waals surface area contributed by atoms with E-state index in [0.29, 0.717) is 17.4 Å². The molecule has 2 N–H and O–H groups in total. The molecular weight excluding hydrogens is 268 g/mol. The minimum Gasteiger partial charge on any atom is -0.504 e. The molecule has 3 aromatic rings. The lowest BCUT2D eigenvalue weighted by molar-refractivity contribution is 0.397. The van der Waals surface area contributed by atoms with Crippen LogP contribution in [0.3, 0.4) is 0 Å². The third-order valence-corrected chi connectivity index (χ3v) is 3.57. The number of rotatable bonds is 2. The second-order valence-corrected chi connectivity index (χ2v) is 5.01. The van der Waals surface area contributed by atoms with Crippen LogP contribution in [0.4, 0.5) is 0 Å². The maximum atomic E-state index is 12.1. The minimum atomic E-state index is -0.508. The molecule has 0 aliphatic rings. The molecule has 0 unspecified atom stereocenters. The summed E-state index contributed by atoms with van der Waals surface area (Å²) in [6.07, 6.45) is 0.465. The Balaban J connectivity index is 2.12. The molecule has 0 saturated heterocycles. The van der Waals surface area contributed by atoms with Gasteiger partial charge in [-0.3, -0.25) is 0 Å². The first-order chi connectivity index (χ1) is 10.1. The molecule has 0 amide bonds. The normalized spacial score (nSPS) is 10.9. The maximum absolute atomic E-state index is 12.1. The summed E-state index contributed by atoms with van der Waals surface area (Å²) in [4.78, 5) is 12.1. The molecule has 0 fully saturated rings. The number of fused-ring (bicyclic) bond motifs is 1. The van der Waals surface area contributed by atoms with Crippen LogP contribution < -0.4 is 5.63 Å². The third kappa shape index (κ3) is 2.36. The van der Waals surface area contributed by atoms with Crippen LogP contribution in [0, 0.1) is 6.92 Å². The van der Waals surface area contributed by atoms with Crippen LogP contribution in [0.5, 0.6) is 11.5 Å². The highest BCUT2D eigenvalue weighted by molar-refractivity contribution is 5.85. The van der Waals surface area contributed by atoms with Gasteiger partial charge in [0.05, 0.1) is 0 Å². The number of benzene rings is 2. The summed E-state index contributed by atoms with van der Waals surface area (Å²) >= 11 is 0. The van der Waals surface area contributed by atoms with Crippen molar-refractivity contribution in [2.75, 3.05) is 0 Å². The zero-order valence-corrected chi connectivity index (χ0v) is 11.5. The highest BCUT2D eigenvalue weighted by Crippen LogP contribution is 2.32. The summed E-state index contributed by atoms with van der Waals surface area (Å²) in [6.45, 7) is 1.99. The lowest BCUT2D eigenvalue weighted by Crippen LogP contribution is -2.08. The van der Waals surface area contributed by atoms with Crippen molar-refractivity contribution in [3.05, 3.63) is 69.6 Å². The summed E-state index contributed by atoms with van der Waals surface area (Å²) in [6, 6.07) is 12.5. The topological polar surface area (TPSA) is 70.7 Å². The molecule has 3 rings (SSSR count). The van der Waals surface area contributed by atoms with E-state index in [1.165, 1.54) is 6.07 Å². The molecule has 0 aliphatic heterocycles. The summed E-state index contributed by atoms with van der Waals surface area (Å²) in [5.41, 5.74) is 2.17. The molecule has 0 radical (unpaired) electrons. The van der Waals surface area contributed by atoms with Gasteiger partial charge in [0.15, 0.2) is 11.3 Å². The van der Waals surface area contributed by atoms with Gasteiger partial charge in [-0.2, -0.15) is 0 Å². The Morgan fingerprint density at radius 3 is 2.57 bits per heavy atom. The molecular formula is C17H14O4. The van der Waals surface area contributed by atoms with Crippen LogP contribution in [-0.2, 0) is 6.42 Å². The fourth-order valence-electron chi connectivity index (χ4n) is 2.34. The van der Waals surface area contributed by atoms with Crippen molar-refractivity contribution < 1.29 is 14.6 Å². The minimum absolute atomic E-state index is 0.00790. The van der Waals surface area contributed by atoms with Gasteiger partial charge in [0.25, 0.3) is 0 Å². The van der Waals surface area contributed by atoms with Crippen LogP contribution in [-0.4, -0.2) is 10.2 Å². The predicted octanol–water partition coefficient (Wildman–Crippen LogP) is 3.10. The van der Waals surface area contributed by atoms with Gasteiger partial charge < -0.3 is 14.6 Å². The standard InChI is InChI=1S/C17H14O4/c1-10-4-2-3-5-11(10)8-13-9-12-6-7-14(18)15(19)16(12)21-17(13)20/h2-7,9,18-19H,8H2,1H3. The Morgan fingerprint density at radius 2 is 1.81 bits per heavy atom. The molecule has 0 atom stereocenters. The summed E-state index contributed by atoms with van der Waals surface area (Å²) in [5.74, 6) is -0.718. The van der Waals surface area contributed by atoms with E-state index in [9.17, 15) is 15.0 Å². The van der Waals surface area contributed by atoms with Crippen molar-refractivity contribution >= 4 is 11.0 Å². The van der Waals surface area contributed by atoms with Crippen molar-refractivity contribution in [2.24, 2.45) is 0 Å². The number of hydrogen-bond donors (Lipinski definition) is 2. The van der Waals surface area contributed by atoms with Crippen molar-refractivity contribution in [1.82, 2.24) is 0 Å². The van der Waals surface area contributed by atoms with E-state index >= 15 is 0 Å². The first kappa shape index (κ1) is 13.2. The predicted molar refractivity (Wildman–Crippen MR) is 79.8 cm³/mol. The summed E-state index contributed by atoms with van der Waals surface area (Å²) in [5, 5.41) is 19.7. The number of aromatic hydroxyl groups is 2. The van der Waals surface area contributed by atoms with E-state index in [0.717, 1.165) is 11.1 Å². The van der Waals surface area contributed by atoms with E-state index < -0.39 is 11.4 Å². The Hall–Kier alpha value is -2.75. The largest absolute Gasteiger partial charge is 0.504 e. The molecule has 4 heteroatoms. The lowest BCUT2D eigenvalue weighted by atomic mass is 10.0. The van der Waals surface area contributed by atoms with E-state index in [4.69, 9.17) is 4.42 Å². The average Bonchev–Trinajstić information content (AvgIpc) is 2.47. The Labute approximate surface area is 120 Å². The van der Waals surface area contributed by atoms with Crippen molar-refractivity contribution in [1.29, 1.82) is 0 Å². The maximum Gasteiger partial charge on any atom is 0.339 e. The fraction of sp³-hybridized carbons (Fsp3) is 0.118. The quantitative estimate of drug-likeness (QED) is 0.559. The monoisotopic (exact) mass is 282 g/mol.